The van der Waals surface area contributed by atoms with Crippen molar-refractivity contribution in [2.45, 2.75) is 6.18 Å². The molecule has 0 saturated carbocycles. The van der Waals surface area contributed by atoms with Crippen molar-refractivity contribution < 1.29 is 18.0 Å². The van der Waals surface area contributed by atoms with E-state index in [0.29, 0.717) is 11.4 Å². The third-order valence-corrected chi connectivity index (χ3v) is 3.91. The molecule has 0 aliphatic heterocycles. The fraction of sp³-hybridized carbons (Fsp3) is 0.0455. The number of nitrogens with zero attached hydrogens (tertiary/aromatic N) is 1. The third-order valence-electron chi connectivity index (χ3n) is 3.91. The Morgan fingerprint density at radius 2 is 1.11 bits per heavy atom. The highest BCUT2D eigenvalue weighted by Gasteiger charge is 2.41. The van der Waals surface area contributed by atoms with Crippen molar-refractivity contribution in [2.75, 3.05) is 4.90 Å². The van der Waals surface area contributed by atoms with Crippen LogP contribution < -0.4 is 4.90 Å². The number of allylic oxidation sites excluding steroid dienone is 1. The molecule has 2 nitrogen and oxygen atoms in total. The Hall–Kier alpha value is -3.34. The molecule has 3 aromatic carbocycles. The summed E-state index contributed by atoms with van der Waals surface area (Å²) >= 11 is 0. The van der Waals surface area contributed by atoms with E-state index >= 15 is 0 Å². The first kappa shape index (κ1) is 18.5. The smallest absolute Gasteiger partial charge is 0.316 e. The van der Waals surface area contributed by atoms with Crippen molar-refractivity contribution in [3.8, 4) is 0 Å². The van der Waals surface area contributed by atoms with Gasteiger partial charge in [0.1, 0.15) is 0 Å². The maximum Gasteiger partial charge on any atom is 0.454 e. The summed E-state index contributed by atoms with van der Waals surface area (Å²) in [5.74, 6) is -1.88. The third kappa shape index (κ3) is 4.44. The Kier molecular flexibility index (Phi) is 5.41. The van der Waals surface area contributed by atoms with Gasteiger partial charge in [0.25, 0.3) is 5.78 Å². The quantitative estimate of drug-likeness (QED) is 0.516. The van der Waals surface area contributed by atoms with Crippen LogP contribution in [-0.4, -0.2) is 12.0 Å². The first-order valence-corrected chi connectivity index (χ1v) is 8.25. The average molecular weight is 367 g/mol. The van der Waals surface area contributed by atoms with Crippen LogP contribution in [-0.2, 0) is 4.79 Å². The number of carbonyl (C=O) groups excluding carboxylic acids is 1. The monoisotopic (exact) mass is 367 g/mol. The van der Waals surface area contributed by atoms with Crippen LogP contribution in [0.5, 0.6) is 0 Å². The molecule has 0 aromatic heterocycles. The van der Waals surface area contributed by atoms with E-state index in [1.165, 1.54) is 18.3 Å². The molecule has 0 saturated heterocycles. The first-order chi connectivity index (χ1) is 13.0. The van der Waals surface area contributed by atoms with Gasteiger partial charge >= 0.3 is 6.18 Å². The number of rotatable bonds is 5. The fourth-order valence-electron chi connectivity index (χ4n) is 2.64. The van der Waals surface area contributed by atoms with Crippen LogP contribution >= 0.6 is 0 Å². The summed E-state index contributed by atoms with van der Waals surface area (Å²) in [6, 6.07) is 25.7. The number of benzene rings is 3. The second kappa shape index (κ2) is 7.91. The van der Waals surface area contributed by atoms with Gasteiger partial charge in [-0.15, -0.1) is 0 Å². The summed E-state index contributed by atoms with van der Waals surface area (Å²) in [5, 5.41) is 0. The van der Waals surface area contributed by atoms with Gasteiger partial charge in [-0.1, -0.05) is 66.7 Å². The number of alkyl halides is 3. The molecule has 0 amide bonds. The van der Waals surface area contributed by atoms with E-state index in [1.807, 2.05) is 12.1 Å². The number of hydrogen-bond donors (Lipinski definition) is 0. The normalized spacial score (nSPS) is 11.9. The van der Waals surface area contributed by atoms with E-state index in [0.717, 1.165) is 0 Å². The number of Topliss-reactive ketones (excluding diaryl/α,β-unsaturated/α-hetero) is 1. The predicted octanol–water partition coefficient (Wildman–Crippen LogP) is 6.00. The van der Waals surface area contributed by atoms with Gasteiger partial charge in [-0.3, -0.25) is 4.79 Å². The van der Waals surface area contributed by atoms with E-state index in [-0.39, 0.29) is 5.56 Å². The lowest BCUT2D eigenvalue weighted by molar-refractivity contribution is -0.164. The summed E-state index contributed by atoms with van der Waals surface area (Å²) in [6.07, 6.45) is -3.73. The van der Waals surface area contributed by atoms with Crippen molar-refractivity contribution in [2.24, 2.45) is 0 Å². The topological polar surface area (TPSA) is 20.3 Å². The standard InChI is InChI=1S/C22H16F3NO/c23-22(24,25)21(27)20(17-10-4-1-5-11-17)16-26(18-12-6-2-7-13-18)19-14-8-3-9-15-19/h1-16H/b20-16-. The summed E-state index contributed by atoms with van der Waals surface area (Å²) in [5.41, 5.74) is 1.08. The summed E-state index contributed by atoms with van der Waals surface area (Å²) in [6.45, 7) is 0. The van der Waals surface area contributed by atoms with E-state index in [1.54, 1.807) is 71.6 Å². The average Bonchev–Trinajstić information content (AvgIpc) is 2.70. The molecule has 3 rings (SSSR count). The zero-order valence-electron chi connectivity index (χ0n) is 14.2. The minimum absolute atomic E-state index is 0.205. The second-order valence-corrected chi connectivity index (χ2v) is 5.78. The van der Waals surface area contributed by atoms with Crippen LogP contribution in [0, 0.1) is 0 Å². The van der Waals surface area contributed by atoms with Gasteiger partial charge in [-0.25, -0.2) is 0 Å². The van der Waals surface area contributed by atoms with Gasteiger partial charge in [0.05, 0.1) is 5.57 Å². The van der Waals surface area contributed by atoms with Gasteiger partial charge in [0, 0.05) is 17.6 Å². The number of ketones is 1. The molecule has 27 heavy (non-hydrogen) atoms. The Balaban J connectivity index is 2.18. The molecular weight excluding hydrogens is 351 g/mol. The molecule has 0 bridgehead atoms. The van der Waals surface area contributed by atoms with Crippen molar-refractivity contribution in [1.29, 1.82) is 0 Å². The Morgan fingerprint density at radius 1 is 0.704 bits per heavy atom. The zero-order valence-corrected chi connectivity index (χ0v) is 14.2. The maximum atomic E-state index is 13.2. The first-order valence-electron chi connectivity index (χ1n) is 8.25. The molecule has 0 spiro atoms. The highest BCUT2D eigenvalue weighted by molar-refractivity contribution is 6.23. The highest BCUT2D eigenvalue weighted by atomic mass is 19.4. The Morgan fingerprint density at radius 3 is 1.52 bits per heavy atom. The molecule has 0 aliphatic carbocycles. The number of hydrogen-bond acceptors (Lipinski definition) is 2. The molecule has 136 valence electrons. The molecule has 0 N–H and O–H groups in total. The molecule has 0 heterocycles. The van der Waals surface area contributed by atoms with Crippen molar-refractivity contribution >= 4 is 22.7 Å². The van der Waals surface area contributed by atoms with Gasteiger partial charge in [0.15, 0.2) is 0 Å². The maximum absolute atomic E-state index is 13.2. The van der Waals surface area contributed by atoms with Gasteiger partial charge < -0.3 is 4.90 Å². The minimum Gasteiger partial charge on any atom is -0.316 e. The minimum atomic E-state index is -4.97. The van der Waals surface area contributed by atoms with Crippen LogP contribution in [0.2, 0.25) is 0 Å². The SMILES string of the molecule is O=C(/C(=C\N(c1ccccc1)c1ccccc1)c1ccccc1)C(F)(F)F. The predicted molar refractivity (Wildman–Crippen MR) is 101 cm³/mol. The number of halogens is 3. The molecule has 0 radical (unpaired) electrons. The van der Waals surface area contributed by atoms with Gasteiger partial charge in [-0.2, -0.15) is 13.2 Å². The molecule has 3 aromatic rings. The van der Waals surface area contributed by atoms with E-state index in [9.17, 15) is 18.0 Å². The summed E-state index contributed by atoms with van der Waals surface area (Å²) in [4.78, 5) is 13.7. The van der Waals surface area contributed by atoms with Crippen LogP contribution in [0.1, 0.15) is 5.56 Å². The van der Waals surface area contributed by atoms with Crippen LogP contribution in [0.15, 0.2) is 97.2 Å². The molecule has 0 aliphatic rings. The van der Waals surface area contributed by atoms with Crippen LogP contribution in [0.4, 0.5) is 24.5 Å². The van der Waals surface area contributed by atoms with Crippen molar-refractivity contribution in [1.82, 2.24) is 0 Å². The summed E-state index contributed by atoms with van der Waals surface area (Å²) < 4.78 is 39.7. The Labute approximate surface area is 155 Å². The fourth-order valence-corrected chi connectivity index (χ4v) is 2.64. The van der Waals surface area contributed by atoms with Crippen molar-refractivity contribution in [3.63, 3.8) is 0 Å². The summed E-state index contributed by atoms with van der Waals surface area (Å²) in [7, 11) is 0. The number of para-hydroxylation sites is 2. The molecule has 5 heteroatoms. The number of carbonyl (C=O) groups is 1. The second-order valence-electron chi connectivity index (χ2n) is 5.78. The lowest BCUT2D eigenvalue weighted by atomic mass is 10.0. The lowest BCUT2D eigenvalue weighted by Gasteiger charge is -2.23. The van der Waals surface area contributed by atoms with Crippen LogP contribution in [0.25, 0.3) is 5.57 Å². The van der Waals surface area contributed by atoms with E-state index < -0.39 is 17.5 Å². The van der Waals surface area contributed by atoms with Crippen LogP contribution in [0.3, 0.4) is 0 Å². The molecule has 0 atom stereocenters. The highest BCUT2D eigenvalue weighted by Crippen LogP contribution is 2.32. The van der Waals surface area contributed by atoms with E-state index in [4.69, 9.17) is 0 Å². The number of anilines is 2. The lowest BCUT2D eigenvalue weighted by Crippen LogP contribution is -2.25. The Bertz CT molecular complexity index is 881. The largest absolute Gasteiger partial charge is 0.454 e. The van der Waals surface area contributed by atoms with Gasteiger partial charge in [-0.05, 0) is 29.8 Å². The van der Waals surface area contributed by atoms with Crippen molar-refractivity contribution in [3.05, 3.63) is 103 Å². The van der Waals surface area contributed by atoms with E-state index in [2.05, 4.69) is 0 Å². The zero-order chi connectivity index (χ0) is 19.3. The van der Waals surface area contributed by atoms with Gasteiger partial charge in [0.2, 0.25) is 0 Å². The molecule has 0 fully saturated rings. The molecular formula is C22H16F3NO. The molecule has 0 unspecified atom stereocenters.